The van der Waals surface area contributed by atoms with Gasteiger partial charge >= 0.3 is 13.8 Å². The predicted octanol–water partition coefficient (Wildman–Crippen LogP) is 3.11. The van der Waals surface area contributed by atoms with Crippen LogP contribution in [-0.2, 0) is 9.09 Å². The van der Waals surface area contributed by atoms with Gasteiger partial charge in [0.2, 0.25) is 0 Å². The Morgan fingerprint density at radius 3 is 2.66 bits per heavy atom. The van der Waals surface area contributed by atoms with Crippen molar-refractivity contribution in [1.82, 2.24) is 24.9 Å². The summed E-state index contributed by atoms with van der Waals surface area (Å²) in [7, 11) is -3.13. The minimum Gasteiger partial charge on any atom is -0.421 e. The van der Waals surface area contributed by atoms with E-state index in [4.69, 9.17) is 20.3 Å². The Labute approximate surface area is 214 Å². The second-order valence-corrected chi connectivity index (χ2v) is 10.1. The molecule has 1 fully saturated rings. The first-order valence-electron chi connectivity index (χ1n) is 11.7. The number of phosphoric ester groups is 1. The molecule has 1 aromatic carbocycles. The lowest BCUT2D eigenvalue weighted by molar-refractivity contribution is 0.140. The van der Waals surface area contributed by atoms with Gasteiger partial charge < -0.3 is 35.5 Å². The van der Waals surface area contributed by atoms with Crippen LogP contribution in [0.4, 0.5) is 20.3 Å². The van der Waals surface area contributed by atoms with Crippen LogP contribution in [0.2, 0.25) is 0 Å². The Morgan fingerprint density at radius 1 is 1.26 bits per heavy atom. The van der Waals surface area contributed by atoms with Gasteiger partial charge in [-0.05, 0) is 19.8 Å². The maximum atomic E-state index is 15.1. The van der Waals surface area contributed by atoms with Crippen molar-refractivity contribution in [2.45, 2.75) is 31.9 Å². The van der Waals surface area contributed by atoms with Crippen LogP contribution in [0.5, 0.6) is 11.8 Å². The molecule has 6 N–H and O–H groups in total. The number of hydrogen-bond donors (Lipinski definition) is 5. The average Bonchev–Trinajstić information content (AvgIpc) is 3.25. The van der Waals surface area contributed by atoms with Crippen LogP contribution >= 0.6 is 7.82 Å². The molecule has 3 aromatic heterocycles. The van der Waals surface area contributed by atoms with Crippen LogP contribution in [0.15, 0.2) is 18.5 Å². The highest BCUT2D eigenvalue weighted by Gasteiger charge is 2.27. The second-order valence-electron chi connectivity index (χ2n) is 8.86. The Balaban J connectivity index is 1.58. The number of benzene rings is 1. The molecular formula is C22H25F2N8O5P. The molecule has 4 heterocycles. The molecule has 2 atom stereocenters. The largest absolute Gasteiger partial charge is 0.470 e. The van der Waals surface area contributed by atoms with Crippen molar-refractivity contribution < 1.29 is 32.4 Å². The molecule has 0 saturated carbocycles. The molecule has 1 aliphatic rings. The molecule has 0 amide bonds. The van der Waals surface area contributed by atoms with Gasteiger partial charge in [-0.25, -0.2) is 23.3 Å². The van der Waals surface area contributed by atoms with E-state index in [0.29, 0.717) is 35.5 Å². The Kier molecular flexibility index (Phi) is 6.88. The first-order chi connectivity index (χ1) is 18.0. The Morgan fingerprint density at radius 2 is 2.00 bits per heavy atom. The first kappa shape index (κ1) is 26.1. The predicted molar refractivity (Wildman–Crippen MR) is 134 cm³/mol. The van der Waals surface area contributed by atoms with E-state index in [1.54, 1.807) is 7.05 Å². The summed E-state index contributed by atoms with van der Waals surface area (Å²) in [5.74, 6) is -1.56. The number of aromatic amines is 1. The van der Waals surface area contributed by atoms with Crippen LogP contribution in [0.3, 0.4) is 0 Å². The number of phosphoric acid groups is 1. The number of piperidine rings is 1. The number of ether oxygens (including phenoxy) is 1. The number of fused-ring (bicyclic) bond motifs is 3. The zero-order chi connectivity index (χ0) is 27.2. The van der Waals surface area contributed by atoms with Crippen molar-refractivity contribution in [1.29, 1.82) is 0 Å². The lowest BCUT2D eigenvalue weighted by atomic mass is 10.1. The van der Waals surface area contributed by atoms with Crippen molar-refractivity contribution in [2.75, 3.05) is 30.4 Å². The summed E-state index contributed by atoms with van der Waals surface area (Å²) in [6, 6.07) is 0.821. The molecule has 0 aliphatic carbocycles. The number of aromatic nitrogens is 5. The monoisotopic (exact) mass is 550 g/mol. The molecule has 16 heteroatoms. The molecular weight excluding hydrogens is 525 g/mol. The maximum Gasteiger partial charge on any atom is 0.470 e. The van der Waals surface area contributed by atoms with E-state index in [2.05, 4.69) is 34.8 Å². The van der Waals surface area contributed by atoms with E-state index in [1.807, 2.05) is 4.90 Å². The smallest absolute Gasteiger partial charge is 0.421 e. The van der Waals surface area contributed by atoms with E-state index >= 15 is 4.39 Å². The molecule has 4 aromatic rings. The Bertz CT molecular complexity index is 1550. The number of nitrogens with two attached hydrogens (primary N) is 1. The van der Waals surface area contributed by atoms with E-state index in [1.165, 1.54) is 19.3 Å². The van der Waals surface area contributed by atoms with Gasteiger partial charge in [0.25, 0.3) is 0 Å². The quantitative estimate of drug-likeness (QED) is 0.212. The third-order valence-corrected chi connectivity index (χ3v) is 6.72. The summed E-state index contributed by atoms with van der Waals surface area (Å²) in [6.07, 6.45) is 3.07. The van der Waals surface area contributed by atoms with Crippen molar-refractivity contribution in [3.63, 3.8) is 0 Å². The molecule has 0 spiro atoms. The van der Waals surface area contributed by atoms with E-state index in [9.17, 15) is 8.96 Å². The third kappa shape index (κ3) is 5.11. The standard InChI is InChI=1S/C22H25F2N8O5P/c1-10(37-38(33,34)35)19-27-7-12(8-28-19)36-22-30-20-16(21(31-22)32-5-3-4-11(25)9-32)15-17(24)13(23)6-14(26-2)18(15)29-20/h6-8,10-11,26H,3-5,9,25H2,1-2H3,(H,29,30,31)(H2,33,34,35)/t10-,11+/m1/s1. The topological polar surface area (TPSA) is 185 Å². The molecule has 1 aliphatic heterocycles. The summed E-state index contributed by atoms with van der Waals surface area (Å²) in [4.78, 5) is 39.9. The van der Waals surface area contributed by atoms with Gasteiger partial charge in [-0.15, -0.1) is 0 Å². The summed E-state index contributed by atoms with van der Waals surface area (Å²) < 4.78 is 51.1. The van der Waals surface area contributed by atoms with Crippen LogP contribution in [0, 0.1) is 11.6 Å². The van der Waals surface area contributed by atoms with Crippen molar-refractivity contribution in [3.05, 3.63) is 35.9 Å². The molecule has 0 unspecified atom stereocenters. The third-order valence-electron chi connectivity index (χ3n) is 6.13. The van der Waals surface area contributed by atoms with E-state index < -0.39 is 25.6 Å². The molecule has 1 saturated heterocycles. The molecule has 13 nitrogen and oxygen atoms in total. The van der Waals surface area contributed by atoms with Crippen LogP contribution in [0.1, 0.15) is 31.7 Å². The number of nitrogens with zero attached hydrogens (tertiary/aromatic N) is 5. The van der Waals surface area contributed by atoms with E-state index in [-0.39, 0.29) is 34.7 Å². The van der Waals surface area contributed by atoms with Crippen molar-refractivity contribution in [3.8, 4) is 11.8 Å². The van der Waals surface area contributed by atoms with Crippen molar-refractivity contribution in [2.24, 2.45) is 5.73 Å². The number of nitrogens with one attached hydrogen (secondary N) is 2. The molecule has 0 radical (unpaired) electrons. The number of H-pyrrole nitrogens is 1. The SMILES string of the molecule is CNc1cc(F)c(F)c2c1[nH]c1nc(Oc3cnc([C@@H](C)OP(=O)(O)O)nc3)nc(N3CCC[C@H](N)C3)c12. The molecule has 38 heavy (non-hydrogen) atoms. The normalized spacial score (nSPS) is 17.2. The van der Waals surface area contributed by atoms with Gasteiger partial charge in [-0.1, -0.05) is 0 Å². The summed E-state index contributed by atoms with van der Waals surface area (Å²) in [5.41, 5.74) is 7.08. The van der Waals surface area contributed by atoms with Crippen LogP contribution in [0.25, 0.3) is 21.9 Å². The van der Waals surface area contributed by atoms with Gasteiger partial charge in [-0.2, -0.15) is 9.97 Å². The minimum atomic E-state index is -4.73. The van der Waals surface area contributed by atoms with Gasteiger partial charge in [0.1, 0.15) is 17.6 Å². The minimum absolute atomic E-state index is 0.0109. The van der Waals surface area contributed by atoms with Crippen molar-refractivity contribution >= 4 is 41.3 Å². The zero-order valence-corrected chi connectivity index (χ0v) is 21.2. The summed E-state index contributed by atoms with van der Waals surface area (Å²) in [6.45, 7) is 2.43. The number of anilines is 2. The fraction of sp³-hybridized carbons (Fsp3) is 0.364. The van der Waals surface area contributed by atoms with Gasteiger partial charge in [0.15, 0.2) is 23.2 Å². The molecule has 5 rings (SSSR count). The fourth-order valence-corrected chi connectivity index (χ4v) is 4.99. The summed E-state index contributed by atoms with van der Waals surface area (Å²) in [5, 5.41) is 3.17. The lowest BCUT2D eigenvalue weighted by Gasteiger charge is -2.32. The first-order valence-corrected chi connectivity index (χ1v) is 13.2. The number of hydrogen-bond acceptors (Lipinski definition) is 10. The highest BCUT2D eigenvalue weighted by atomic mass is 31.2. The molecule has 202 valence electrons. The number of halogens is 2. The van der Waals surface area contributed by atoms with Crippen LogP contribution in [-0.4, -0.2) is 60.9 Å². The Hall–Kier alpha value is -3.49. The highest BCUT2D eigenvalue weighted by molar-refractivity contribution is 7.46. The highest BCUT2D eigenvalue weighted by Crippen LogP contribution is 2.42. The van der Waals surface area contributed by atoms with Crippen LogP contribution < -0.4 is 20.7 Å². The zero-order valence-electron chi connectivity index (χ0n) is 20.4. The lowest BCUT2D eigenvalue weighted by Crippen LogP contribution is -2.43. The fourth-order valence-electron chi connectivity index (χ4n) is 4.48. The van der Waals surface area contributed by atoms with E-state index in [0.717, 1.165) is 18.9 Å². The maximum absolute atomic E-state index is 15.1. The second kappa shape index (κ2) is 10.0. The number of rotatable bonds is 7. The molecule has 0 bridgehead atoms. The van der Waals surface area contributed by atoms with Gasteiger partial charge in [0.05, 0.1) is 34.4 Å². The summed E-state index contributed by atoms with van der Waals surface area (Å²) >= 11 is 0. The van der Waals surface area contributed by atoms with Gasteiger partial charge in [0, 0.05) is 32.2 Å². The average molecular weight is 550 g/mol. The van der Waals surface area contributed by atoms with Gasteiger partial charge in [-0.3, -0.25) is 4.52 Å².